The van der Waals surface area contributed by atoms with Gasteiger partial charge in [-0.2, -0.15) is 9.57 Å². The first-order chi connectivity index (χ1) is 7.63. The Morgan fingerprint density at radius 3 is 2.81 bits per heavy atom. The fourth-order valence-corrected chi connectivity index (χ4v) is 3.65. The highest BCUT2D eigenvalue weighted by atomic mass is 32.2. The summed E-state index contributed by atoms with van der Waals surface area (Å²) >= 11 is 1.54. The van der Waals surface area contributed by atoms with Gasteiger partial charge in [-0.3, -0.25) is 0 Å². The maximum atomic E-state index is 11.8. The van der Waals surface area contributed by atoms with Crippen molar-refractivity contribution in [2.45, 2.75) is 25.4 Å². The third-order valence-corrected chi connectivity index (χ3v) is 4.95. The summed E-state index contributed by atoms with van der Waals surface area (Å²) in [6.45, 7) is 0.409. The lowest BCUT2D eigenvalue weighted by molar-refractivity contribution is 0.403. The van der Waals surface area contributed by atoms with Crippen molar-refractivity contribution in [1.29, 1.82) is 5.26 Å². The van der Waals surface area contributed by atoms with Gasteiger partial charge in [0.25, 0.3) is 0 Å². The van der Waals surface area contributed by atoms with E-state index < -0.39 is 15.8 Å². The average molecular weight is 256 g/mol. The van der Waals surface area contributed by atoms with Crippen molar-refractivity contribution < 1.29 is 8.42 Å². The minimum absolute atomic E-state index is 0.112. The molecule has 16 heavy (non-hydrogen) atoms. The van der Waals surface area contributed by atoms with Crippen LogP contribution in [0.3, 0.4) is 0 Å². The summed E-state index contributed by atoms with van der Waals surface area (Å²) in [7, 11) is -3.41. The second-order valence-electron chi connectivity index (χ2n) is 3.77. The zero-order valence-electron chi connectivity index (χ0n) is 8.67. The second kappa shape index (κ2) is 4.53. The maximum Gasteiger partial charge on any atom is 0.228 e. The van der Waals surface area contributed by atoms with E-state index in [0.29, 0.717) is 6.54 Å². The van der Waals surface area contributed by atoms with Crippen LogP contribution in [0.25, 0.3) is 0 Å². The van der Waals surface area contributed by atoms with E-state index in [1.54, 1.807) is 17.4 Å². The molecular formula is C10H12N2O2S2. The van der Waals surface area contributed by atoms with Gasteiger partial charge in [0.05, 0.1) is 6.07 Å². The van der Waals surface area contributed by atoms with E-state index in [9.17, 15) is 8.42 Å². The molecule has 1 saturated carbocycles. The summed E-state index contributed by atoms with van der Waals surface area (Å²) in [5.74, 6) is -0.422. The Morgan fingerprint density at radius 1 is 1.56 bits per heavy atom. The van der Waals surface area contributed by atoms with Crippen molar-refractivity contribution in [1.82, 2.24) is 4.31 Å². The zero-order valence-corrected chi connectivity index (χ0v) is 10.3. The van der Waals surface area contributed by atoms with Gasteiger partial charge in [0.15, 0.2) is 5.75 Å². The number of hydrogen-bond acceptors (Lipinski definition) is 4. The number of nitrogens with zero attached hydrogens (tertiary/aromatic N) is 2. The van der Waals surface area contributed by atoms with E-state index >= 15 is 0 Å². The quantitative estimate of drug-likeness (QED) is 0.803. The summed E-state index contributed by atoms with van der Waals surface area (Å²) < 4.78 is 25.2. The molecule has 0 aliphatic heterocycles. The first kappa shape index (κ1) is 11.6. The molecule has 0 aromatic carbocycles. The summed E-state index contributed by atoms with van der Waals surface area (Å²) in [5.41, 5.74) is 0. The van der Waals surface area contributed by atoms with Crippen LogP contribution in [0.4, 0.5) is 0 Å². The third kappa shape index (κ3) is 2.61. The second-order valence-corrected chi connectivity index (χ2v) is 6.72. The fourth-order valence-electron chi connectivity index (χ4n) is 1.54. The lowest BCUT2D eigenvalue weighted by Gasteiger charge is -2.19. The zero-order chi connectivity index (χ0) is 11.6. The number of rotatable bonds is 5. The molecule has 0 N–H and O–H groups in total. The Morgan fingerprint density at radius 2 is 2.31 bits per heavy atom. The van der Waals surface area contributed by atoms with Crippen LogP contribution >= 0.6 is 11.3 Å². The highest BCUT2D eigenvalue weighted by Gasteiger charge is 2.37. The number of sulfonamides is 1. The van der Waals surface area contributed by atoms with Gasteiger partial charge in [-0.05, 0) is 24.3 Å². The monoisotopic (exact) mass is 256 g/mol. The van der Waals surface area contributed by atoms with Crippen LogP contribution in [0.15, 0.2) is 17.5 Å². The maximum absolute atomic E-state index is 11.8. The Labute approximate surface area is 99.2 Å². The minimum Gasteiger partial charge on any atom is -0.211 e. The standard InChI is InChI=1S/C10H12N2O2S2/c11-5-7-16(13,14)12(9-3-4-9)8-10-2-1-6-15-10/h1-2,6,9H,3-4,7-8H2. The molecule has 1 aromatic rings. The lowest BCUT2D eigenvalue weighted by Crippen LogP contribution is -2.33. The van der Waals surface area contributed by atoms with Crippen LogP contribution in [-0.4, -0.2) is 24.5 Å². The van der Waals surface area contributed by atoms with Gasteiger partial charge in [0.2, 0.25) is 10.0 Å². The molecule has 0 atom stereocenters. The fraction of sp³-hybridized carbons (Fsp3) is 0.500. The van der Waals surface area contributed by atoms with Crippen molar-refractivity contribution in [2.75, 3.05) is 5.75 Å². The van der Waals surface area contributed by atoms with Crippen LogP contribution in [0, 0.1) is 11.3 Å². The van der Waals surface area contributed by atoms with E-state index in [1.165, 1.54) is 4.31 Å². The van der Waals surface area contributed by atoms with Crippen LogP contribution < -0.4 is 0 Å². The highest BCUT2D eigenvalue weighted by Crippen LogP contribution is 2.31. The number of nitriles is 1. The van der Waals surface area contributed by atoms with Gasteiger partial charge < -0.3 is 0 Å². The molecule has 0 saturated heterocycles. The van der Waals surface area contributed by atoms with E-state index in [1.807, 2.05) is 17.5 Å². The summed E-state index contributed by atoms with van der Waals surface area (Å²) in [4.78, 5) is 1.02. The molecular weight excluding hydrogens is 244 g/mol. The van der Waals surface area contributed by atoms with E-state index in [0.717, 1.165) is 17.7 Å². The summed E-state index contributed by atoms with van der Waals surface area (Å²) in [6.07, 6.45) is 1.83. The predicted molar refractivity (Wildman–Crippen MR) is 62.3 cm³/mol. The Hall–Kier alpha value is -0.900. The number of thiophene rings is 1. The van der Waals surface area contributed by atoms with Crippen molar-refractivity contribution in [3.63, 3.8) is 0 Å². The molecule has 0 amide bonds. The molecule has 2 rings (SSSR count). The van der Waals surface area contributed by atoms with Crippen LogP contribution in [0.2, 0.25) is 0 Å². The SMILES string of the molecule is N#CCS(=O)(=O)N(Cc1cccs1)C1CC1. The average Bonchev–Trinajstić information content (AvgIpc) is 2.92. The molecule has 0 radical (unpaired) electrons. The molecule has 0 unspecified atom stereocenters. The largest absolute Gasteiger partial charge is 0.228 e. The van der Waals surface area contributed by atoms with Gasteiger partial charge in [0.1, 0.15) is 0 Å². The van der Waals surface area contributed by atoms with Gasteiger partial charge in [0, 0.05) is 17.5 Å². The molecule has 0 spiro atoms. The molecule has 1 aromatic heterocycles. The molecule has 1 aliphatic carbocycles. The topological polar surface area (TPSA) is 61.2 Å². The third-order valence-electron chi connectivity index (χ3n) is 2.45. The molecule has 86 valence electrons. The van der Waals surface area contributed by atoms with Crippen molar-refractivity contribution in [3.8, 4) is 6.07 Å². The lowest BCUT2D eigenvalue weighted by atomic mass is 10.4. The first-order valence-electron chi connectivity index (χ1n) is 5.02. The Bertz CT molecular complexity index is 483. The Balaban J connectivity index is 2.15. The molecule has 1 aliphatic rings. The molecule has 1 fully saturated rings. The summed E-state index contributed by atoms with van der Waals surface area (Å²) in [6, 6.07) is 5.66. The Kier molecular flexibility index (Phi) is 3.28. The molecule has 4 nitrogen and oxygen atoms in total. The molecule has 6 heteroatoms. The van der Waals surface area contributed by atoms with Gasteiger partial charge in [-0.25, -0.2) is 8.42 Å². The molecule has 1 heterocycles. The first-order valence-corrected chi connectivity index (χ1v) is 7.51. The molecule has 0 bridgehead atoms. The summed E-state index contributed by atoms with van der Waals surface area (Å²) in [5, 5.41) is 10.5. The van der Waals surface area contributed by atoms with Crippen LogP contribution in [0.5, 0.6) is 0 Å². The minimum atomic E-state index is -3.41. The van der Waals surface area contributed by atoms with Gasteiger partial charge in [-0.15, -0.1) is 11.3 Å². The van der Waals surface area contributed by atoms with Crippen molar-refractivity contribution in [2.24, 2.45) is 0 Å². The number of hydrogen-bond donors (Lipinski definition) is 0. The van der Waals surface area contributed by atoms with E-state index in [4.69, 9.17) is 5.26 Å². The highest BCUT2D eigenvalue weighted by molar-refractivity contribution is 7.89. The van der Waals surface area contributed by atoms with E-state index in [2.05, 4.69) is 0 Å². The smallest absolute Gasteiger partial charge is 0.211 e. The van der Waals surface area contributed by atoms with Gasteiger partial charge in [-0.1, -0.05) is 6.07 Å². The van der Waals surface area contributed by atoms with Gasteiger partial charge >= 0.3 is 0 Å². The van der Waals surface area contributed by atoms with E-state index in [-0.39, 0.29) is 6.04 Å². The van der Waals surface area contributed by atoms with Crippen molar-refractivity contribution >= 4 is 21.4 Å². The normalized spacial score (nSPS) is 16.2. The van der Waals surface area contributed by atoms with Crippen LogP contribution in [-0.2, 0) is 16.6 Å². The van der Waals surface area contributed by atoms with Crippen molar-refractivity contribution in [3.05, 3.63) is 22.4 Å². The van der Waals surface area contributed by atoms with Crippen LogP contribution in [0.1, 0.15) is 17.7 Å². The predicted octanol–water partition coefficient (Wildman–Crippen LogP) is 1.57.